The maximum Gasteiger partial charge on any atom is 0.307 e. The summed E-state index contributed by atoms with van der Waals surface area (Å²) in [5.74, 6) is -1.08. The van der Waals surface area contributed by atoms with E-state index in [1.165, 1.54) is 0 Å². The number of carbonyl (C=O) groups is 1. The lowest BCUT2D eigenvalue weighted by Crippen LogP contribution is -2.31. The normalized spacial score (nSPS) is 13.0. The molecule has 0 spiro atoms. The lowest BCUT2D eigenvalue weighted by Gasteiger charge is -2.21. The van der Waals surface area contributed by atoms with E-state index >= 15 is 0 Å². The minimum atomic E-state index is -0.746. The number of hydrogen-bond donors (Lipinski definition) is 1. The molecule has 1 atom stereocenters. The zero-order chi connectivity index (χ0) is 12.1. The minimum Gasteiger partial charge on any atom is -0.481 e. The van der Waals surface area contributed by atoms with E-state index in [0.717, 1.165) is 18.7 Å². The van der Waals surface area contributed by atoms with E-state index in [1.54, 1.807) is 11.6 Å². The first kappa shape index (κ1) is 12.7. The van der Waals surface area contributed by atoms with Crippen molar-refractivity contribution >= 4 is 5.97 Å². The summed E-state index contributed by atoms with van der Waals surface area (Å²) in [6.45, 7) is 5.92. The van der Waals surface area contributed by atoms with Crippen LogP contribution >= 0.6 is 0 Å². The van der Waals surface area contributed by atoms with E-state index in [2.05, 4.69) is 10.00 Å². The van der Waals surface area contributed by atoms with Crippen LogP contribution in [0.3, 0.4) is 0 Å². The Morgan fingerprint density at radius 3 is 2.81 bits per heavy atom. The molecule has 1 rings (SSSR count). The molecule has 0 radical (unpaired) electrons. The molecule has 1 aromatic rings. The summed E-state index contributed by atoms with van der Waals surface area (Å²) in [7, 11) is 1.87. The summed E-state index contributed by atoms with van der Waals surface area (Å²) in [4.78, 5) is 12.9. The Morgan fingerprint density at radius 2 is 2.38 bits per heavy atom. The highest BCUT2D eigenvalue weighted by molar-refractivity contribution is 5.69. The average Bonchev–Trinajstić information content (AvgIpc) is 2.62. The molecule has 0 aliphatic carbocycles. The van der Waals surface area contributed by atoms with Gasteiger partial charge in [0.1, 0.15) is 0 Å². The van der Waals surface area contributed by atoms with Gasteiger partial charge < -0.3 is 5.11 Å². The van der Waals surface area contributed by atoms with Gasteiger partial charge in [0.15, 0.2) is 0 Å². The molecule has 1 N–H and O–H groups in total. The van der Waals surface area contributed by atoms with E-state index < -0.39 is 5.97 Å². The highest BCUT2D eigenvalue weighted by Gasteiger charge is 2.15. The van der Waals surface area contributed by atoms with Gasteiger partial charge in [-0.2, -0.15) is 5.10 Å². The van der Waals surface area contributed by atoms with E-state index in [4.69, 9.17) is 5.11 Å². The third-order valence-electron chi connectivity index (χ3n) is 2.57. The maximum absolute atomic E-state index is 10.8. The summed E-state index contributed by atoms with van der Waals surface area (Å²) in [5.41, 5.74) is 1.11. The topological polar surface area (TPSA) is 58.4 Å². The predicted molar refractivity (Wildman–Crippen MR) is 61.0 cm³/mol. The fourth-order valence-electron chi connectivity index (χ4n) is 1.58. The van der Waals surface area contributed by atoms with Crippen molar-refractivity contribution in [3.8, 4) is 0 Å². The molecule has 16 heavy (non-hydrogen) atoms. The molecule has 1 aromatic heterocycles. The smallest absolute Gasteiger partial charge is 0.307 e. The van der Waals surface area contributed by atoms with Crippen molar-refractivity contribution in [3.05, 3.63) is 18.0 Å². The molecule has 0 aliphatic rings. The van der Waals surface area contributed by atoms with E-state index in [-0.39, 0.29) is 5.92 Å². The van der Waals surface area contributed by atoms with Gasteiger partial charge in [-0.15, -0.1) is 0 Å². The van der Waals surface area contributed by atoms with Gasteiger partial charge in [0.25, 0.3) is 0 Å². The number of aryl methyl sites for hydroxylation is 1. The van der Waals surface area contributed by atoms with E-state index in [9.17, 15) is 4.79 Å². The number of hydrogen-bond acceptors (Lipinski definition) is 3. The number of nitrogens with zero attached hydrogens (tertiary/aromatic N) is 3. The van der Waals surface area contributed by atoms with Crippen LogP contribution in [0, 0.1) is 5.92 Å². The predicted octanol–water partition coefficient (Wildman–Crippen LogP) is 0.963. The van der Waals surface area contributed by atoms with Crippen molar-refractivity contribution in [1.29, 1.82) is 0 Å². The number of carboxylic acids is 1. The van der Waals surface area contributed by atoms with Crippen molar-refractivity contribution in [1.82, 2.24) is 14.7 Å². The summed E-state index contributed by atoms with van der Waals surface area (Å²) >= 11 is 0. The van der Waals surface area contributed by atoms with Gasteiger partial charge in [-0.3, -0.25) is 14.4 Å². The first-order chi connectivity index (χ1) is 7.52. The van der Waals surface area contributed by atoms with Crippen LogP contribution in [0.15, 0.2) is 12.4 Å². The lowest BCUT2D eigenvalue weighted by atomic mass is 10.1. The molecular formula is C11H19N3O2. The summed E-state index contributed by atoms with van der Waals surface area (Å²) in [6.07, 6.45) is 3.77. The Labute approximate surface area is 95.7 Å². The Bertz CT molecular complexity index is 349. The monoisotopic (exact) mass is 225 g/mol. The molecule has 0 saturated carbocycles. The van der Waals surface area contributed by atoms with Crippen LogP contribution in [0.1, 0.15) is 19.4 Å². The molecule has 0 saturated heterocycles. The molecule has 0 fully saturated rings. The Hall–Kier alpha value is -1.36. The first-order valence-electron chi connectivity index (χ1n) is 5.45. The number of rotatable bonds is 6. The van der Waals surface area contributed by atoms with Crippen LogP contribution in [-0.2, 0) is 18.4 Å². The van der Waals surface area contributed by atoms with Gasteiger partial charge in [-0.25, -0.2) is 0 Å². The second-order valence-electron chi connectivity index (χ2n) is 4.09. The standard InChI is InChI=1S/C11H19N3O2/c1-4-14(6-9(2)11(15)16)8-10-5-12-13(3)7-10/h5,7,9H,4,6,8H2,1-3H3,(H,15,16). The Kier molecular flexibility index (Phi) is 4.49. The molecule has 0 aliphatic heterocycles. The molecule has 90 valence electrons. The van der Waals surface area contributed by atoms with Gasteiger partial charge in [-0.05, 0) is 6.54 Å². The molecule has 0 bridgehead atoms. The molecule has 5 heteroatoms. The average molecular weight is 225 g/mol. The molecule has 1 heterocycles. The van der Waals surface area contributed by atoms with Crippen molar-refractivity contribution in [2.24, 2.45) is 13.0 Å². The van der Waals surface area contributed by atoms with E-state index in [1.807, 2.05) is 26.4 Å². The van der Waals surface area contributed by atoms with Gasteiger partial charge in [-0.1, -0.05) is 13.8 Å². The van der Waals surface area contributed by atoms with Gasteiger partial charge >= 0.3 is 5.97 Å². The minimum absolute atomic E-state index is 0.336. The highest BCUT2D eigenvalue weighted by Crippen LogP contribution is 2.06. The summed E-state index contributed by atoms with van der Waals surface area (Å²) in [6, 6.07) is 0. The number of aliphatic carboxylic acids is 1. The molecular weight excluding hydrogens is 206 g/mol. The third-order valence-corrected chi connectivity index (χ3v) is 2.57. The first-order valence-corrected chi connectivity index (χ1v) is 5.45. The van der Waals surface area contributed by atoms with Crippen LogP contribution in [0.25, 0.3) is 0 Å². The van der Waals surface area contributed by atoms with Crippen LogP contribution in [-0.4, -0.2) is 38.8 Å². The fraction of sp³-hybridized carbons (Fsp3) is 0.636. The SMILES string of the molecule is CCN(Cc1cnn(C)c1)CC(C)C(=O)O. The maximum atomic E-state index is 10.8. The zero-order valence-electron chi connectivity index (χ0n) is 10.1. The molecule has 0 aromatic carbocycles. The van der Waals surface area contributed by atoms with Crippen LogP contribution in [0.5, 0.6) is 0 Å². The lowest BCUT2D eigenvalue weighted by molar-refractivity contribution is -0.141. The van der Waals surface area contributed by atoms with Crippen LogP contribution < -0.4 is 0 Å². The largest absolute Gasteiger partial charge is 0.481 e. The van der Waals surface area contributed by atoms with Crippen molar-refractivity contribution in [2.45, 2.75) is 20.4 Å². The van der Waals surface area contributed by atoms with Crippen LogP contribution in [0.4, 0.5) is 0 Å². The Balaban J connectivity index is 2.52. The summed E-state index contributed by atoms with van der Waals surface area (Å²) in [5, 5.41) is 12.9. The Morgan fingerprint density at radius 1 is 1.69 bits per heavy atom. The van der Waals surface area contributed by atoms with Crippen molar-refractivity contribution in [2.75, 3.05) is 13.1 Å². The van der Waals surface area contributed by atoms with Crippen LogP contribution in [0.2, 0.25) is 0 Å². The molecule has 0 amide bonds. The van der Waals surface area contributed by atoms with Gasteiger partial charge in [0, 0.05) is 31.9 Å². The highest BCUT2D eigenvalue weighted by atomic mass is 16.4. The van der Waals surface area contributed by atoms with Gasteiger partial charge in [0.05, 0.1) is 12.1 Å². The fourth-order valence-corrected chi connectivity index (χ4v) is 1.58. The van der Waals surface area contributed by atoms with Crippen molar-refractivity contribution in [3.63, 3.8) is 0 Å². The number of aromatic nitrogens is 2. The quantitative estimate of drug-likeness (QED) is 0.783. The summed E-state index contributed by atoms with van der Waals surface area (Å²) < 4.78 is 1.75. The van der Waals surface area contributed by atoms with Crippen molar-refractivity contribution < 1.29 is 9.90 Å². The second kappa shape index (κ2) is 5.65. The third kappa shape index (κ3) is 3.66. The van der Waals surface area contributed by atoms with E-state index in [0.29, 0.717) is 6.54 Å². The molecule has 5 nitrogen and oxygen atoms in total. The molecule has 1 unspecified atom stereocenters. The zero-order valence-corrected chi connectivity index (χ0v) is 10.1. The van der Waals surface area contributed by atoms with Gasteiger partial charge in [0.2, 0.25) is 0 Å². The second-order valence-corrected chi connectivity index (χ2v) is 4.09. The number of carboxylic acid groups (broad SMARTS) is 1.